The Morgan fingerprint density at radius 3 is 2.39 bits per heavy atom. The monoisotopic (exact) mass is 269 g/mol. The molecule has 1 nitrogen and oxygen atoms in total. The van der Waals surface area contributed by atoms with Crippen molar-refractivity contribution >= 4 is 11.6 Å². The molecule has 1 aliphatic rings. The first kappa shape index (κ1) is 13.8. The van der Waals surface area contributed by atoms with Crippen molar-refractivity contribution in [1.82, 2.24) is 0 Å². The lowest BCUT2D eigenvalue weighted by atomic mass is 9.75. The van der Waals surface area contributed by atoms with Gasteiger partial charge in [-0.1, -0.05) is 43.4 Å². The molecule has 0 amide bonds. The molecule has 18 heavy (non-hydrogen) atoms. The summed E-state index contributed by atoms with van der Waals surface area (Å²) < 4.78 is 13.9. The van der Waals surface area contributed by atoms with Crippen LogP contribution in [0.5, 0.6) is 0 Å². The largest absolute Gasteiger partial charge is 0.330 e. The van der Waals surface area contributed by atoms with E-state index in [1.807, 2.05) is 0 Å². The Balaban J connectivity index is 2.23. The summed E-state index contributed by atoms with van der Waals surface area (Å²) in [6.45, 7) is 0.623. The SMILES string of the molecule is NCC1(Cc2c(F)cccc2Cl)CCCCCC1. The van der Waals surface area contributed by atoms with E-state index in [0.29, 0.717) is 23.6 Å². The smallest absolute Gasteiger partial charge is 0.127 e. The zero-order valence-electron chi connectivity index (χ0n) is 10.7. The molecule has 0 aliphatic heterocycles. The second-order valence-electron chi connectivity index (χ2n) is 5.50. The van der Waals surface area contributed by atoms with Crippen molar-refractivity contribution in [2.45, 2.75) is 44.9 Å². The maximum absolute atomic E-state index is 13.9. The summed E-state index contributed by atoms with van der Waals surface area (Å²) in [5, 5.41) is 0.534. The van der Waals surface area contributed by atoms with Crippen molar-refractivity contribution in [3.8, 4) is 0 Å². The second kappa shape index (κ2) is 6.03. The molecule has 0 bridgehead atoms. The Bertz CT molecular complexity index is 377. The third-order valence-corrected chi connectivity index (χ3v) is 4.56. The third kappa shape index (κ3) is 3.04. The van der Waals surface area contributed by atoms with E-state index in [0.717, 1.165) is 12.8 Å². The Hall–Kier alpha value is -0.600. The van der Waals surface area contributed by atoms with Crippen LogP contribution in [0.15, 0.2) is 18.2 Å². The van der Waals surface area contributed by atoms with Gasteiger partial charge in [-0.3, -0.25) is 0 Å². The van der Waals surface area contributed by atoms with Gasteiger partial charge < -0.3 is 5.73 Å². The normalized spacial score (nSPS) is 19.5. The lowest BCUT2D eigenvalue weighted by Crippen LogP contribution is -2.32. The highest BCUT2D eigenvalue weighted by atomic mass is 35.5. The number of halogens is 2. The molecular weight excluding hydrogens is 249 g/mol. The average Bonchev–Trinajstić information content (AvgIpc) is 2.60. The van der Waals surface area contributed by atoms with Gasteiger partial charge >= 0.3 is 0 Å². The topological polar surface area (TPSA) is 26.0 Å². The van der Waals surface area contributed by atoms with E-state index >= 15 is 0 Å². The first-order valence-corrected chi connectivity index (χ1v) is 7.18. The Kier molecular flexibility index (Phi) is 4.63. The van der Waals surface area contributed by atoms with Crippen LogP contribution >= 0.6 is 11.6 Å². The molecule has 2 rings (SSSR count). The van der Waals surface area contributed by atoms with Crippen molar-refractivity contribution in [2.75, 3.05) is 6.54 Å². The van der Waals surface area contributed by atoms with Crippen LogP contribution in [-0.2, 0) is 6.42 Å². The van der Waals surface area contributed by atoms with Crippen LogP contribution in [0.2, 0.25) is 5.02 Å². The van der Waals surface area contributed by atoms with Gasteiger partial charge in [0.2, 0.25) is 0 Å². The molecule has 0 heterocycles. The summed E-state index contributed by atoms with van der Waals surface area (Å²) >= 11 is 6.13. The molecule has 3 heteroatoms. The van der Waals surface area contributed by atoms with E-state index in [4.69, 9.17) is 17.3 Å². The zero-order valence-corrected chi connectivity index (χ0v) is 11.5. The molecule has 2 N–H and O–H groups in total. The summed E-state index contributed by atoms with van der Waals surface area (Å²) in [6.07, 6.45) is 7.80. The fourth-order valence-corrected chi connectivity index (χ4v) is 3.24. The van der Waals surface area contributed by atoms with Crippen LogP contribution < -0.4 is 5.73 Å². The van der Waals surface area contributed by atoms with Gasteiger partial charge in [0.1, 0.15) is 5.82 Å². The maximum Gasteiger partial charge on any atom is 0.127 e. The Labute approximate surface area is 114 Å². The minimum atomic E-state index is -0.195. The van der Waals surface area contributed by atoms with Gasteiger partial charge in [0.25, 0.3) is 0 Å². The van der Waals surface area contributed by atoms with Gasteiger partial charge in [-0.25, -0.2) is 4.39 Å². The Morgan fingerprint density at radius 1 is 1.17 bits per heavy atom. The van der Waals surface area contributed by atoms with Crippen LogP contribution in [0, 0.1) is 11.2 Å². The predicted molar refractivity (Wildman–Crippen MR) is 74.3 cm³/mol. The van der Waals surface area contributed by atoms with Gasteiger partial charge in [0.05, 0.1) is 0 Å². The predicted octanol–water partition coefficient (Wildman–Crippen LogP) is 4.32. The molecule has 1 fully saturated rings. The molecule has 0 spiro atoms. The van der Waals surface area contributed by atoms with Gasteiger partial charge in [-0.15, -0.1) is 0 Å². The first-order valence-electron chi connectivity index (χ1n) is 6.80. The van der Waals surface area contributed by atoms with E-state index < -0.39 is 0 Å². The molecule has 0 aromatic heterocycles. The Morgan fingerprint density at radius 2 is 1.83 bits per heavy atom. The minimum absolute atomic E-state index is 0.0440. The maximum atomic E-state index is 13.9. The van der Waals surface area contributed by atoms with Gasteiger partial charge in [0.15, 0.2) is 0 Å². The molecule has 0 atom stereocenters. The minimum Gasteiger partial charge on any atom is -0.330 e. The molecule has 0 radical (unpaired) electrons. The highest BCUT2D eigenvalue weighted by molar-refractivity contribution is 6.31. The lowest BCUT2D eigenvalue weighted by Gasteiger charge is -2.32. The highest BCUT2D eigenvalue weighted by Gasteiger charge is 2.31. The van der Waals surface area contributed by atoms with E-state index in [-0.39, 0.29) is 11.2 Å². The summed E-state index contributed by atoms with van der Waals surface area (Å²) in [5.41, 5.74) is 6.68. The van der Waals surface area contributed by atoms with Crippen LogP contribution in [0.3, 0.4) is 0 Å². The fourth-order valence-electron chi connectivity index (χ4n) is 3.01. The van der Waals surface area contributed by atoms with Crippen LogP contribution in [-0.4, -0.2) is 6.54 Å². The quantitative estimate of drug-likeness (QED) is 0.813. The van der Waals surface area contributed by atoms with E-state index in [2.05, 4.69) is 0 Å². The van der Waals surface area contributed by atoms with Gasteiger partial charge in [0, 0.05) is 10.6 Å². The number of hydrogen-bond donors (Lipinski definition) is 1. The molecule has 1 aliphatic carbocycles. The molecular formula is C15H21ClFN. The van der Waals surface area contributed by atoms with Crippen LogP contribution in [0.25, 0.3) is 0 Å². The van der Waals surface area contributed by atoms with Crippen LogP contribution in [0.1, 0.15) is 44.1 Å². The number of rotatable bonds is 3. The highest BCUT2D eigenvalue weighted by Crippen LogP contribution is 2.39. The summed E-state index contributed by atoms with van der Waals surface area (Å²) in [4.78, 5) is 0. The summed E-state index contributed by atoms with van der Waals surface area (Å²) in [6, 6.07) is 4.91. The second-order valence-corrected chi connectivity index (χ2v) is 5.90. The average molecular weight is 270 g/mol. The van der Waals surface area contributed by atoms with E-state index in [1.54, 1.807) is 12.1 Å². The third-order valence-electron chi connectivity index (χ3n) is 4.21. The lowest BCUT2D eigenvalue weighted by molar-refractivity contribution is 0.249. The number of benzene rings is 1. The molecule has 0 unspecified atom stereocenters. The van der Waals surface area contributed by atoms with Crippen molar-refractivity contribution in [1.29, 1.82) is 0 Å². The van der Waals surface area contributed by atoms with Gasteiger partial charge in [-0.05, 0) is 43.4 Å². The molecule has 1 aromatic rings. The van der Waals surface area contributed by atoms with Crippen molar-refractivity contribution < 1.29 is 4.39 Å². The first-order chi connectivity index (χ1) is 8.67. The summed E-state index contributed by atoms with van der Waals surface area (Å²) in [5.74, 6) is -0.195. The van der Waals surface area contributed by atoms with Crippen molar-refractivity contribution in [3.63, 3.8) is 0 Å². The number of nitrogens with two attached hydrogens (primary N) is 1. The van der Waals surface area contributed by atoms with E-state index in [1.165, 1.54) is 31.7 Å². The fraction of sp³-hybridized carbons (Fsp3) is 0.600. The van der Waals surface area contributed by atoms with Gasteiger partial charge in [-0.2, -0.15) is 0 Å². The van der Waals surface area contributed by atoms with E-state index in [9.17, 15) is 4.39 Å². The standard InChI is InChI=1S/C15H21ClFN/c16-13-6-5-7-14(17)12(13)10-15(11-18)8-3-1-2-4-9-15/h5-7H,1-4,8-11,18H2. The molecule has 0 saturated heterocycles. The number of hydrogen-bond acceptors (Lipinski definition) is 1. The molecule has 100 valence electrons. The molecule has 1 aromatic carbocycles. The zero-order chi connectivity index (χ0) is 13.0. The van der Waals surface area contributed by atoms with Crippen LogP contribution in [0.4, 0.5) is 4.39 Å². The van der Waals surface area contributed by atoms with Crippen molar-refractivity contribution in [3.05, 3.63) is 34.6 Å². The summed E-state index contributed by atoms with van der Waals surface area (Å²) in [7, 11) is 0. The molecule has 1 saturated carbocycles. The van der Waals surface area contributed by atoms with Crippen molar-refractivity contribution in [2.24, 2.45) is 11.1 Å².